The summed E-state index contributed by atoms with van der Waals surface area (Å²) in [6.07, 6.45) is 3.44. The molecule has 1 saturated heterocycles. The van der Waals surface area contributed by atoms with E-state index in [1.165, 1.54) is 6.07 Å². The molecular weight excluding hydrogens is 357 g/mol. The van der Waals surface area contributed by atoms with Crippen molar-refractivity contribution in [2.45, 2.75) is 13.8 Å². The first kappa shape index (κ1) is 17.9. The third-order valence-electron chi connectivity index (χ3n) is 4.86. The molecule has 3 aromatic rings. The highest BCUT2D eigenvalue weighted by atomic mass is 19.1. The first-order chi connectivity index (χ1) is 13.5. The molecule has 0 saturated carbocycles. The van der Waals surface area contributed by atoms with Crippen molar-refractivity contribution in [3.05, 3.63) is 59.4 Å². The molecule has 0 bridgehead atoms. The molecule has 7 nitrogen and oxygen atoms in total. The molecule has 0 atom stereocenters. The summed E-state index contributed by atoms with van der Waals surface area (Å²) in [5.74, 6) is 1.10. The van der Waals surface area contributed by atoms with Gasteiger partial charge in [0, 0.05) is 31.9 Å². The predicted molar refractivity (Wildman–Crippen MR) is 104 cm³/mol. The number of benzene rings is 1. The van der Waals surface area contributed by atoms with Crippen molar-refractivity contribution >= 4 is 11.5 Å². The van der Waals surface area contributed by atoms with Crippen LogP contribution in [0, 0.1) is 31.0 Å². The van der Waals surface area contributed by atoms with E-state index in [1.807, 2.05) is 30.9 Å². The molecule has 0 N–H and O–H groups in total. The van der Waals surface area contributed by atoms with Crippen LogP contribution >= 0.6 is 0 Å². The number of hydrogen-bond donors (Lipinski definition) is 0. The minimum Gasteiger partial charge on any atom is -0.366 e. The van der Waals surface area contributed by atoms with Gasteiger partial charge in [0.25, 0.3) is 0 Å². The summed E-state index contributed by atoms with van der Waals surface area (Å²) < 4.78 is 16.1. The molecular formula is C20H20FN7. The first-order valence-electron chi connectivity index (χ1n) is 9.10. The summed E-state index contributed by atoms with van der Waals surface area (Å²) >= 11 is 0. The molecule has 0 aliphatic carbocycles. The number of aromatic nitrogens is 4. The van der Waals surface area contributed by atoms with Gasteiger partial charge in [-0.15, -0.1) is 0 Å². The molecule has 0 amide bonds. The van der Waals surface area contributed by atoms with Crippen LogP contribution in [0.1, 0.15) is 17.0 Å². The van der Waals surface area contributed by atoms with Gasteiger partial charge >= 0.3 is 0 Å². The Bertz CT molecular complexity index is 1040. The van der Waals surface area contributed by atoms with E-state index in [0.29, 0.717) is 43.2 Å². The van der Waals surface area contributed by atoms with Gasteiger partial charge in [0.2, 0.25) is 0 Å². The van der Waals surface area contributed by atoms with Gasteiger partial charge in [-0.3, -0.25) is 4.98 Å². The van der Waals surface area contributed by atoms with Crippen molar-refractivity contribution in [3.63, 3.8) is 0 Å². The Balaban J connectivity index is 1.49. The van der Waals surface area contributed by atoms with Crippen LogP contribution in [0.4, 0.5) is 15.9 Å². The van der Waals surface area contributed by atoms with E-state index >= 15 is 0 Å². The summed E-state index contributed by atoms with van der Waals surface area (Å²) in [4.78, 5) is 13.2. The number of nitrogens with zero attached hydrogens (tertiary/aromatic N) is 7. The summed E-state index contributed by atoms with van der Waals surface area (Å²) in [5.41, 5.74) is 2.80. The van der Waals surface area contributed by atoms with E-state index in [-0.39, 0.29) is 5.82 Å². The summed E-state index contributed by atoms with van der Waals surface area (Å²) in [7, 11) is 0. The number of nitriles is 1. The standard InChI is InChI=1S/C20H20FN7/c1-14-9-15(2)28(25-14)20-13-23-12-19(24-20)27-7-5-26(6-8-27)18-4-3-16(11-22)10-17(18)21/h3-4,9-10,12-13H,5-8H2,1-2H3. The van der Waals surface area contributed by atoms with Crippen molar-refractivity contribution in [3.8, 4) is 11.9 Å². The van der Waals surface area contributed by atoms with Crippen LogP contribution in [0.2, 0.25) is 0 Å². The Morgan fingerprint density at radius 1 is 1.00 bits per heavy atom. The monoisotopic (exact) mass is 377 g/mol. The molecule has 0 radical (unpaired) electrons. The maximum Gasteiger partial charge on any atom is 0.174 e. The average molecular weight is 377 g/mol. The largest absolute Gasteiger partial charge is 0.366 e. The second-order valence-electron chi connectivity index (χ2n) is 6.83. The number of aryl methyl sites for hydroxylation is 2. The fourth-order valence-electron chi connectivity index (χ4n) is 3.47. The number of piperazine rings is 1. The third kappa shape index (κ3) is 3.39. The number of halogens is 1. The summed E-state index contributed by atoms with van der Waals surface area (Å²) in [6.45, 7) is 6.66. The second kappa shape index (κ2) is 7.27. The molecule has 4 rings (SSSR count). The number of rotatable bonds is 3. The third-order valence-corrected chi connectivity index (χ3v) is 4.86. The van der Waals surface area contributed by atoms with Gasteiger partial charge in [0.05, 0.1) is 35.4 Å². The molecule has 1 aromatic carbocycles. The van der Waals surface area contributed by atoms with E-state index in [4.69, 9.17) is 10.2 Å². The lowest BCUT2D eigenvalue weighted by atomic mass is 10.2. The average Bonchev–Trinajstić information content (AvgIpc) is 3.06. The van der Waals surface area contributed by atoms with Crippen molar-refractivity contribution in [1.82, 2.24) is 19.7 Å². The minimum atomic E-state index is -0.362. The van der Waals surface area contributed by atoms with Gasteiger partial charge in [0.1, 0.15) is 11.6 Å². The van der Waals surface area contributed by atoms with Crippen LogP contribution in [0.3, 0.4) is 0 Å². The van der Waals surface area contributed by atoms with Crippen LogP contribution < -0.4 is 9.80 Å². The van der Waals surface area contributed by atoms with Crippen LogP contribution in [0.15, 0.2) is 36.7 Å². The number of anilines is 2. The topological polar surface area (TPSA) is 73.9 Å². The Hall–Kier alpha value is -3.47. The van der Waals surface area contributed by atoms with Crippen molar-refractivity contribution < 1.29 is 4.39 Å². The second-order valence-corrected chi connectivity index (χ2v) is 6.83. The highest BCUT2D eigenvalue weighted by Crippen LogP contribution is 2.23. The fraction of sp³-hybridized carbons (Fsp3) is 0.300. The maximum atomic E-state index is 14.3. The lowest BCUT2D eigenvalue weighted by Gasteiger charge is -2.36. The highest BCUT2D eigenvalue weighted by molar-refractivity contribution is 5.53. The Labute approximate surface area is 162 Å². The number of hydrogen-bond acceptors (Lipinski definition) is 6. The molecule has 1 aliphatic rings. The SMILES string of the molecule is Cc1cc(C)n(-c2cncc(N3CCN(c4ccc(C#N)cc4F)CC3)n2)n1. The van der Waals surface area contributed by atoms with Crippen LogP contribution in [0.5, 0.6) is 0 Å². The minimum absolute atomic E-state index is 0.330. The normalized spacial score (nSPS) is 14.2. The highest BCUT2D eigenvalue weighted by Gasteiger charge is 2.21. The zero-order valence-corrected chi connectivity index (χ0v) is 15.8. The molecule has 0 unspecified atom stereocenters. The van der Waals surface area contributed by atoms with Crippen LogP contribution in [-0.4, -0.2) is 45.9 Å². The smallest absolute Gasteiger partial charge is 0.174 e. The van der Waals surface area contributed by atoms with E-state index < -0.39 is 0 Å². The predicted octanol–water partition coefficient (Wildman–Crippen LogP) is 2.62. The molecule has 8 heteroatoms. The zero-order chi connectivity index (χ0) is 19.7. The first-order valence-corrected chi connectivity index (χ1v) is 9.10. The Kier molecular flexibility index (Phi) is 4.65. The van der Waals surface area contributed by atoms with E-state index in [1.54, 1.807) is 29.2 Å². The fourth-order valence-corrected chi connectivity index (χ4v) is 3.47. The van der Waals surface area contributed by atoms with E-state index in [2.05, 4.69) is 15.0 Å². The molecule has 1 fully saturated rings. The molecule has 2 aromatic heterocycles. The van der Waals surface area contributed by atoms with Crippen LogP contribution in [-0.2, 0) is 0 Å². The van der Waals surface area contributed by atoms with Gasteiger partial charge in [0.15, 0.2) is 5.82 Å². The lowest BCUT2D eigenvalue weighted by Crippen LogP contribution is -2.47. The molecule has 28 heavy (non-hydrogen) atoms. The van der Waals surface area contributed by atoms with E-state index in [9.17, 15) is 4.39 Å². The van der Waals surface area contributed by atoms with Gasteiger partial charge in [-0.25, -0.2) is 14.1 Å². The van der Waals surface area contributed by atoms with E-state index in [0.717, 1.165) is 17.2 Å². The lowest BCUT2D eigenvalue weighted by molar-refractivity contribution is 0.595. The van der Waals surface area contributed by atoms with Gasteiger partial charge < -0.3 is 9.80 Å². The molecule has 3 heterocycles. The maximum absolute atomic E-state index is 14.3. The zero-order valence-electron chi connectivity index (χ0n) is 15.8. The molecule has 142 valence electrons. The Morgan fingerprint density at radius 3 is 2.36 bits per heavy atom. The molecule has 0 spiro atoms. The van der Waals surface area contributed by atoms with Crippen molar-refractivity contribution in [2.75, 3.05) is 36.0 Å². The van der Waals surface area contributed by atoms with Crippen LogP contribution in [0.25, 0.3) is 5.82 Å². The van der Waals surface area contributed by atoms with Crippen molar-refractivity contribution in [2.24, 2.45) is 0 Å². The summed E-state index contributed by atoms with van der Waals surface area (Å²) in [6, 6.07) is 8.56. The Morgan fingerprint density at radius 2 is 1.71 bits per heavy atom. The quantitative estimate of drug-likeness (QED) is 0.699. The summed E-state index contributed by atoms with van der Waals surface area (Å²) in [5, 5.41) is 13.4. The van der Waals surface area contributed by atoms with Crippen molar-refractivity contribution in [1.29, 1.82) is 5.26 Å². The van der Waals surface area contributed by atoms with Gasteiger partial charge in [-0.2, -0.15) is 10.4 Å². The van der Waals surface area contributed by atoms with Gasteiger partial charge in [-0.1, -0.05) is 0 Å². The molecule has 1 aliphatic heterocycles. The van der Waals surface area contributed by atoms with Gasteiger partial charge in [-0.05, 0) is 38.1 Å².